The van der Waals surface area contributed by atoms with Gasteiger partial charge in [-0.25, -0.2) is 4.79 Å². The molecule has 0 atom stereocenters. The first-order valence-electron chi connectivity index (χ1n) is 6.79. The summed E-state index contributed by atoms with van der Waals surface area (Å²) >= 11 is 14.1. The molecule has 23 heavy (non-hydrogen) atoms. The predicted molar refractivity (Wildman–Crippen MR) is 95.1 cm³/mol. The molecule has 0 amide bonds. The van der Waals surface area contributed by atoms with Crippen molar-refractivity contribution < 1.29 is 14.6 Å². The zero-order valence-corrected chi connectivity index (χ0v) is 14.4. The Bertz CT molecular complexity index is 885. The van der Waals surface area contributed by atoms with Gasteiger partial charge in [-0.3, -0.25) is 0 Å². The van der Waals surface area contributed by atoms with E-state index in [0.717, 1.165) is 20.5 Å². The summed E-state index contributed by atoms with van der Waals surface area (Å²) in [5, 5.41) is 10.2. The number of aryl methyl sites for hydroxylation is 1. The van der Waals surface area contributed by atoms with Crippen molar-refractivity contribution in [1.29, 1.82) is 0 Å². The van der Waals surface area contributed by atoms with Crippen LogP contribution < -0.4 is 4.74 Å². The van der Waals surface area contributed by atoms with Crippen molar-refractivity contribution in [1.82, 2.24) is 0 Å². The summed E-state index contributed by atoms with van der Waals surface area (Å²) in [4.78, 5) is 11.7. The predicted octanol–water partition coefficient (Wildman–Crippen LogP) is 5.65. The molecule has 0 saturated heterocycles. The molecule has 0 unspecified atom stereocenters. The van der Waals surface area contributed by atoms with Gasteiger partial charge in [0.15, 0.2) is 6.61 Å². The Labute approximate surface area is 147 Å². The molecule has 3 aromatic rings. The van der Waals surface area contributed by atoms with Crippen LogP contribution in [0.4, 0.5) is 0 Å². The largest absolute Gasteiger partial charge is 0.480 e. The van der Waals surface area contributed by atoms with Crippen LogP contribution in [0.1, 0.15) is 5.56 Å². The average Bonchev–Trinajstić information content (AvgIpc) is 2.94. The number of rotatable bonds is 4. The standard InChI is InChI=1S/C17H12Cl2O3S/c1-9-2-4-10(5-3-9)13-7-11-6-12(22-8-14(20)21)15(18)16(19)17(11)23-13/h2-7H,8H2,1H3,(H,20,21). The SMILES string of the molecule is Cc1ccc(-c2cc3cc(OCC(=O)O)c(Cl)c(Cl)c3s2)cc1. The Morgan fingerprint density at radius 1 is 1.17 bits per heavy atom. The summed E-state index contributed by atoms with van der Waals surface area (Å²) in [7, 11) is 0. The van der Waals surface area contributed by atoms with Gasteiger partial charge in [-0.2, -0.15) is 0 Å². The van der Waals surface area contributed by atoms with Crippen molar-refractivity contribution in [3.63, 3.8) is 0 Å². The molecule has 0 fully saturated rings. The second-order valence-electron chi connectivity index (χ2n) is 5.08. The monoisotopic (exact) mass is 366 g/mol. The van der Waals surface area contributed by atoms with Gasteiger partial charge in [-0.05, 0) is 30.0 Å². The maximum absolute atomic E-state index is 10.7. The van der Waals surface area contributed by atoms with Crippen LogP contribution in [0.2, 0.25) is 10.0 Å². The van der Waals surface area contributed by atoms with Crippen LogP contribution >= 0.6 is 34.5 Å². The number of ether oxygens (including phenoxy) is 1. The van der Waals surface area contributed by atoms with E-state index >= 15 is 0 Å². The number of thiophene rings is 1. The van der Waals surface area contributed by atoms with E-state index < -0.39 is 12.6 Å². The summed E-state index contributed by atoms with van der Waals surface area (Å²) in [5.74, 6) is -0.789. The average molecular weight is 367 g/mol. The van der Waals surface area contributed by atoms with E-state index in [2.05, 4.69) is 24.3 Å². The van der Waals surface area contributed by atoms with Gasteiger partial charge in [0.1, 0.15) is 10.8 Å². The zero-order valence-electron chi connectivity index (χ0n) is 12.1. The van der Waals surface area contributed by atoms with Crippen LogP contribution in [0.25, 0.3) is 20.5 Å². The van der Waals surface area contributed by atoms with Crippen molar-refractivity contribution in [2.24, 2.45) is 0 Å². The Morgan fingerprint density at radius 2 is 1.87 bits per heavy atom. The highest BCUT2D eigenvalue weighted by molar-refractivity contribution is 7.23. The molecular formula is C17H12Cl2O3S. The number of benzene rings is 2. The third kappa shape index (κ3) is 3.29. The summed E-state index contributed by atoms with van der Waals surface area (Å²) in [5.41, 5.74) is 2.29. The molecule has 0 aliphatic carbocycles. The van der Waals surface area contributed by atoms with Crippen molar-refractivity contribution in [3.8, 4) is 16.2 Å². The fraction of sp³-hybridized carbons (Fsp3) is 0.118. The van der Waals surface area contributed by atoms with Gasteiger partial charge in [-0.15, -0.1) is 11.3 Å². The molecule has 0 bridgehead atoms. The molecule has 0 radical (unpaired) electrons. The van der Waals surface area contributed by atoms with E-state index in [9.17, 15) is 4.79 Å². The number of fused-ring (bicyclic) bond motifs is 1. The molecule has 3 nitrogen and oxygen atoms in total. The number of hydrogen-bond donors (Lipinski definition) is 1. The minimum atomic E-state index is -1.07. The topological polar surface area (TPSA) is 46.5 Å². The second kappa shape index (κ2) is 6.40. The maximum atomic E-state index is 10.7. The van der Waals surface area contributed by atoms with Gasteiger partial charge in [0.05, 0.1) is 9.72 Å². The Morgan fingerprint density at radius 3 is 2.52 bits per heavy atom. The van der Waals surface area contributed by atoms with Crippen molar-refractivity contribution >= 4 is 50.6 Å². The highest BCUT2D eigenvalue weighted by atomic mass is 35.5. The van der Waals surface area contributed by atoms with Crippen LogP contribution in [0.5, 0.6) is 5.75 Å². The molecule has 0 saturated carbocycles. The van der Waals surface area contributed by atoms with Crippen LogP contribution in [0.3, 0.4) is 0 Å². The van der Waals surface area contributed by atoms with E-state index in [1.54, 1.807) is 17.4 Å². The highest BCUT2D eigenvalue weighted by Gasteiger charge is 2.15. The molecule has 1 N–H and O–H groups in total. The van der Waals surface area contributed by atoms with Gasteiger partial charge in [0, 0.05) is 4.88 Å². The lowest BCUT2D eigenvalue weighted by atomic mass is 10.1. The van der Waals surface area contributed by atoms with E-state index in [0.29, 0.717) is 5.02 Å². The van der Waals surface area contributed by atoms with Gasteiger partial charge >= 0.3 is 5.97 Å². The number of carboxylic acids is 1. The molecular weight excluding hydrogens is 355 g/mol. The lowest BCUT2D eigenvalue weighted by molar-refractivity contribution is -0.139. The number of aliphatic carboxylic acids is 1. The molecule has 6 heteroatoms. The van der Waals surface area contributed by atoms with Gasteiger partial charge in [0.2, 0.25) is 0 Å². The molecule has 118 valence electrons. The summed E-state index contributed by atoms with van der Waals surface area (Å²) in [6.07, 6.45) is 0. The molecule has 3 rings (SSSR count). The van der Waals surface area contributed by atoms with Crippen LogP contribution in [0, 0.1) is 6.92 Å². The lowest BCUT2D eigenvalue weighted by Gasteiger charge is -2.07. The normalized spacial score (nSPS) is 10.9. The van der Waals surface area contributed by atoms with Crippen LogP contribution in [-0.4, -0.2) is 17.7 Å². The summed E-state index contributed by atoms with van der Waals surface area (Å²) < 4.78 is 6.06. The molecule has 2 aromatic carbocycles. The van der Waals surface area contributed by atoms with E-state index in [-0.39, 0.29) is 10.8 Å². The first kappa shape index (κ1) is 16.1. The van der Waals surface area contributed by atoms with Crippen molar-refractivity contribution in [2.75, 3.05) is 6.61 Å². The fourth-order valence-electron chi connectivity index (χ4n) is 2.20. The molecule has 0 aliphatic heterocycles. The molecule has 0 spiro atoms. The maximum Gasteiger partial charge on any atom is 0.341 e. The minimum Gasteiger partial charge on any atom is -0.480 e. The van der Waals surface area contributed by atoms with E-state index in [1.807, 2.05) is 13.0 Å². The molecule has 0 aliphatic rings. The first-order valence-corrected chi connectivity index (χ1v) is 8.36. The van der Waals surface area contributed by atoms with E-state index in [1.165, 1.54) is 5.56 Å². The van der Waals surface area contributed by atoms with Crippen LogP contribution in [0.15, 0.2) is 36.4 Å². The second-order valence-corrected chi connectivity index (χ2v) is 6.89. The number of carboxylic acid groups (broad SMARTS) is 1. The number of carbonyl (C=O) groups is 1. The zero-order chi connectivity index (χ0) is 16.6. The van der Waals surface area contributed by atoms with Crippen molar-refractivity contribution in [3.05, 3.63) is 52.0 Å². The Balaban J connectivity index is 2.06. The van der Waals surface area contributed by atoms with E-state index in [4.69, 9.17) is 33.0 Å². The smallest absolute Gasteiger partial charge is 0.341 e. The minimum absolute atomic E-state index is 0.234. The third-order valence-electron chi connectivity index (χ3n) is 3.34. The lowest BCUT2D eigenvalue weighted by Crippen LogP contribution is -2.09. The first-order chi connectivity index (χ1) is 11.0. The van der Waals surface area contributed by atoms with Gasteiger partial charge in [-0.1, -0.05) is 53.0 Å². The molecule has 1 heterocycles. The fourth-order valence-corrected chi connectivity index (χ4v) is 3.87. The van der Waals surface area contributed by atoms with Crippen molar-refractivity contribution in [2.45, 2.75) is 6.92 Å². The summed E-state index contributed by atoms with van der Waals surface area (Å²) in [6, 6.07) is 11.9. The summed E-state index contributed by atoms with van der Waals surface area (Å²) in [6.45, 7) is 1.58. The van der Waals surface area contributed by atoms with Gasteiger partial charge in [0.25, 0.3) is 0 Å². The van der Waals surface area contributed by atoms with Crippen LogP contribution in [-0.2, 0) is 4.79 Å². The molecule has 1 aromatic heterocycles. The third-order valence-corrected chi connectivity index (χ3v) is 5.52. The number of halogens is 2. The quantitative estimate of drug-likeness (QED) is 0.648. The Hall–Kier alpha value is -1.75. The van der Waals surface area contributed by atoms with Gasteiger partial charge < -0.3 is 9.84 Å². The Kier molecular flexibility index (Phi) is 4.48. The highest BCUT2D eigenvalue weighted by Crippen LogP contribution is 2.44. The number of hydrogen-bond acceptors (Lipinski definition) is 3.